The van der Waals surface area contributed by atoms with E-state index in [2.05, 4.69) is 39.1 Å². The first kappa shape index (κ1) is 17.1. The molecule has 6 nitrogen and oxygen atoms in total. The second kappa shape index (κ2) is 7.09. The Labute approximate surface area is 156 Å². The van der Waals surface area contributed by atoms with Crippen LogP contribution in [0.3, 0.4) is 0 Å². The summed E-state index contributed by atoms with van der Waals surface area (Å²) in [7, 11) is 0. The lowest BCUT2D eigenvalue weighted by Crippen LogP contribution is -2.35. The van der Waals surface area contributed by atoms with Gasteiger partial charge in [-0.2, -0.15) is 0 Å². The molecule has 1 aliphatic heterocycles. The van der Waals surface area contributed by atoms with Gasteiger partial charge in [0.05, 0.1) is 22.0 Å². The van der Waals surface area contributed by atoms with Gasteiger partial charge in [-0.05, 0) is 12.1 Å². The lowest BCUT2D eigenvalue weighted by molar-refractivity contribution is 0.239. The first-order valence-electron chi connectivity index (χ1n) is 8.79. The molecule has 0 bridgehead atoms. The molecule has 0 atom stereocenters. The highest BCUT2D eigenvalue weighted by molar-refractivity contribution is 7.09. The van der Waals surface area contributed by atoms with Gasteiger partial charge in [0, 0.05) is 55.3 Å². The van der Waals surface area contributed by atoms with Crippen LogP contribution in [-0.2, 0) is 19.5 Å². The van der Waals surface area contributed by atoms with E-state index in [9.17, 15) is 4.79 Å². The fraction of sp³-hybridized carbons (Fsp3) is 0.368. The van der Waals surface area contributed by atoms with E-state index in [0.717, 1.165) is 42.0 Å². The van der Waals surface area contributed by atoms with E-state index in [1.807, 2.05) is 12.1 Å². The molecular weight excluding hydrogens is 346 g/mol. The van der Waals surface area contributed by atoms with Crippen molar-refractivity contribution in [1.82, 2.24) is 24.8 Å². The molecule has 0 saturated carbocycles. The van der Waals surface area contributed by atoms with Crippen molar-refractivity contribution in [3.05, 3.63) is 62.2 Å². The average molecular weight is 367 g/mol. The summed E-state index contributed by atoms with van der Waals surface area (Å²) in [5, 5.41) is 3.29. The van der Waals surface area contributed by atoms with Crippen LogP contribution in [0.1, 0.15) is 41.7 Å². The van der Waals surface area contributed by atoms with Crippen LogP contribution in [0, 0.1) is 0 Å². The molecule has 0 aromatic carbocycles. The van der Waals surface area contributed by atoms with Gasteiger partial charge in [0.2, 0.25) is 0 Å². The number of nitrogens with zero attached hydrogens (tertiary/aromatic N) is 4. The van der Waals surface area contributed by atoms with Gasteiger partial charge in [0.1, 0.15) is 5.82 Å². The molecular formula is C19H21N5OS. The summed E-state index contributed by atoms with van der Waals surface area (Å²) in [6.45, 7) is 6.58. The number of rotatable bonds is 4. The summed E-state index contributed by atoms with van der Waals surface area (Å²) in [6.07, 6.45) is 4.18. The van der Waals surface area contributed by atoms with E-state index in [4.69, 9.17) is 4.98 Å². The molecule has 1 N–H and O–H groups in total. The zero-order valence-electron chi connectivity index (χ0n) is 14.9. The summed E-state index contributed by atoms with van der Waals surface area (Å²) in [6, 6.07) is 3.71. The minimum atomic E-state index is -0.0485. The van der Waals surface area contributed by atoms with E-state index < -0.39 is 0 Å². The molecule has 4 heterocycles. The lowest BCUT2D eigenvalue weighted by Gasteiger charge is -2.27. The highest BCUT2D eigenvalue weighted by Gasteiger charge is 2.22. The highest BCUT2D eigenvalue weighted by atomic mass is 32.1. The predicted molar refractivity (Wildman–Crippen MR) is 102 cm³/mol. The SMILES string of the molecule is CC(C)c1nc(CN2CCc3nc(-c4ccncc4)[nH]c(=O)c3C2)cs1. The standard InChI is InChI=1S/C19H21N5OS/c1-12(2)19-21-14(11-26-19)9-24-8-5-16-15(10-24)18(25)23-17(22-16)13-3-6-20-7-4-13/h3-4,6-7,11-12H,5,8-10H2,1-2H3,(H,22,23,25). The van der Waals surface area contributed by atoms with Gasteiger partial charge >= 0.3 is 0 Å². The van der Waals surface area contributed by atoms with Crippen molar-refractivity contribution in [2.75, 3.05) is 6.54 Å². The zero-order chi connectivity index (χ0) is 18.1. The molecule has 0 saturated heterocycles. The van der Waals surface area contributed by atoms with Crippen LogP contribution in [0.5, 0.6) is 0 Å². The van der Waals surface area contributed by atoms with E-state index >= 15 is 0 Å². The van der Waals surface area contributed by atoms with Crippen LogP contribution in [0.15, 0.2) is 34.7 Å². The maximum atomic E-state index is 12.6. The van der Waals surface area contributed by atoms with E-state index in [0.29, 0.717) is 18.3 Å². The fourth-order valence-electron chi connectivity index (χ4n) is 3.15. The number of hydrogen-bond acceptors (Lipinski definition) is 6. The van der Waals surface area contributed by atoms with Crippen molar-refractivity contribution < 1.29 is 0 Å². The van der Waals surface area contributed by atoms with E-state index in [-0.39, 0.29) is 5.56 Å². The summed E-state index contributed by atoms with van der Waals surface area (Å²) < 4.78 is 0. The summed E-state index contributed by atoms with van der Waals surface area (Å²) in [5.74, 6) is 1.07. The largest absolute Gasteiger partial charge is 0.306 e. The molecule has 0 unspecified atom stereocenters. The van der Waals surface area contributed by atoms with Gasteiger partial charge in [-0.25, -0.2) is 9.97 Å². The van der Waals surface area contributed by atoms with E-state index in [1.165, 1.54) is 5.01 Å². The molecule has 0 fully saturated rings. The van der Waals surface area contributed by atoms with E-state index in [1.54, 1.807) is 23.7 Å². The van der Waals surface area contributed by atoms with Crippen molar-refractivity contribution in [2.45, 2.75) is 39.3 Å². The normalized spacial score (nSPS) is 14.6. The monoisotopic (exact) mass is 367 g/mol. The molecule has 0 radical (unpaired) electrons. The first-order valence-corrected chi connectivity index (χ1v) is 9.67. The molecule has 3 aromatic heterocycles. The van der Waals surface area contributed by atoms with Gasteiger partial charge in [0.15, 0.2) is 0 Å². The smallest absolute Gasteiger partial charge is 0.255 e. The third-order valence-electron chi connectivity index (χ3n) is 4.55. The highest BCUT2D eigenvalue weighted by Crippen LogP contribution is 2.22. The van der Waals surface area contributed by atoms with Crippen LogP contribution < -0.4 is 5.56 Å². The second-order valence-corrected chi connectivity index (χ2v) is 7.76. The van der Waals surface area contributed by atoms with Gasteiger partial charge in [-0.3, -0.25) is 14.7 Å². The summed E-state index contributed by atoms with van der Waals surface area (Å²) in [5.41, 5.74) is 3.59. The topological polar surface area (TPSA) is 74.8 Å². The molecule has 1 aliphatic rings. The molecule has 4 rings (SSSR count). The Morgan fingerprint density at radius 2 is 2.08 bits per heavy atom. The molecule has 3 aromatic rings. The average Bonchev–Trinajstić information content (AvgIpc) is 3.12. The second-order valence-electron chi connectivity index (χ2n) is 6.87. The van der Waals surface area contributed by atoms with Crippen molar-refractivity contribution in [2.24, 2.45) is 0 Å². The van der Waals surface area contributed by atoms with Crippen LogP contribution in [0.2, 0.25) is 0 Å². The van der Waals surface area contributed by atoms with Gasteiger partial charge in [-0.15, -0.1) is 11.3 Å². The molecule has 0 amide bonds. The Kier molecular flexibility index (Phi) is 4.65. The van der Waals surface area contributed by atoms with Crippen molar-refractivity contribution in [1.29, 1.82) is 0 Å². The third-order valence-corrected chi connectivity index (χ3v) is 5.74. The molecule has 134 valence electrons. The minimum absolute atomic E-state index is 0.0485. The Balaban J connectivity index is 1.54. The Hall–Kier alpha value is -2.38. The van der Waals surface area contributed by atoms with Crippen molar-refractivity contribution in [3.63, 3.8) is 0 Å². The zero-order valence-corrected chi connectivity index (χ0v) is 15.7. The molecule has 7 heteroatoms. The predicted octanol–water partition coefficient (Wildman–Crippen LogP) is 2.97. The van der Waals surface area contributed by atoms with Crippen molar-refractivity contribution in [3.8, 4) is 11.4 Å². The van der Waals surface area contributed by atoms with Crippen LogP contribution in [-0.4, -0.2) is 31.4 Å². The number of aromatic nitrogens is 4. The maximum Gasteiger partial charge on any atom is 0.255 e. The lowest BCUT2D eigenvalue weighted by atomic mass is 10.1. The number of nitrogens with one attached hydrogen (secondary N) is 1. The van der Waals surface area contributed by atoms with Crippen LogP contribution >= 0.6 is 11.3 Å². The molecule has 0 spiro atoms. The van der Waals surface area contributed by atoms with Crippen LogP contribution in [0.25, 0.3) is 11.4 Å². The number of pyridine rings is 1. The maximum absolute atomic E-state index is 12.6. The first-order chi connectivity index (χ1) is 12.6. The van der Waals surface area contributed by atoms with Gasteiger partial charge in [-0.1, -0.05) is 13.8 Å². The fourth-order valence-corrected chi connectivity index (χ4v) is 3.98. The number of aromatic amines is 1. The van der Waals surface area contributed by atoms with Crippen molar-refractivity contribution >= 4 is 11.3 Å². The summed E-state index contributed by atoms with van der Waals surface area (Å²) in [4.78, 5) is 31.2. The Morgan fingerprint density at radius 1 is 1.27 bits per heavy atom. The molecule has 26 heavy (non-hydrogen) atoms. The van der Waals surface area contributed by atoms with Gasteiger partial charge < -0.3 is 4.98 Å². The summed E-state index contributed by atoms with van der Waals surface area (Å²) >= 11 is 1.71. The number of hydrogen-bond donors (Lipinski definition) is 1. The van der Waals surface area contributed by atoms with Gasteiger partial charge in [0.25, 0.3) is 5.56 Å². The molecule has 0 aliphatic carbocycles. The Morgan fingerprint density at radius 3 is 2.81 bits per heavy atom. The number of fused-ring (bicyclic) bond motifs is 1. The Bertz CT molecular complexity index is 964. The quantitative estimate of drug-likeness (QED) is 0.767. The minimum Gasteiger partial charge on any atom is -0.306 e. The number of H-pyrrole nitrogens is 1. The third kappa shape index (κ3) is 3.45. The van der Waals surface area contributed by atoms with Crippen LogP contribution in [0.4, 0.5) is 0 Å². The number of thiazole rings is 1.